The minimum absolute atomic E-state index is 0.0185. The molecule has 1 aromatic carbocycles. The van der Waals surface area contributed by atoms with Crippen molar-refractivity contribution in [2.45, 2.75) is 38.8 Å². The van der Waals surface area contributed by atoms with Gasteiger partial charge in [0.25, 0.3) is 11.1 Å². The fourth-order valence-corrected chi connectivity index (χ4v) is 4.71. The number of hydrogen-bond acceptors (Lipinski definition) is 5. The Morgan fingerprint density at radius 3 is 2.40 bits per heavy atom. The number of nitrogens with one attached hydrogen (secondary N) is 3. The molecule has 0 unspecified atom stereocenters. The third-order valence-corrected chi connectivity index (χ3v) is 6.87. The van der Waals surface area contributed by atoms with E-state index in [9.17, 15) is 18.8 Å². The molecule has 2 aromatic heterocycles. The van der Waals surface area contributed by atoms with E-state index in [0.717, 1.165) is 18.4 Å². The van der Waals surface area contributed by atoms with Gasteiger partial charge < -0.3 is 25.4 Å². The zero-order valence-corrected chi connectivity index (χ0v) is 20.2. The number of fused-ring (bicyclic) bond motifs is 1. The van der Waals surface area contributed by atoms with Crippen molar-refractivity contribution < 1.29 is 9.18 Å². The predicted molar refractivity (Wildman–Crippen MR) is 134 cm³/mol. The molecule has 0 radical (unpaired) electrons. The second-order valence-electron chi connectivity index (χ2n) is 9.48. The van der Waals surface area contributed by atoms with Gasteiger partial charge in [0.2, 0.25) is 0 Å². The van der Waals surface area contributed by atoms with Gasteiger partial charge in [-0.1, -0.05) is 6.07 Å². The molecule has 35 heavy (non-hydrogen) atoms. The summed E-state index contributed by atoms with van der Waals surface area (Å²) >= 11 is 0. The average molecular weight is 481 g/mol. The number of aromatic nitrogens is 2. The molecule has 2 aliphatic rings. The Hall–Kier alpha value is -3.82. The van der Waals surface area contributed by atoms with Crippen LogP contribution in [0.5, 0.6) is 0 Å². The van der Waals surface area contributed by atoms with Gasteiger partial charge in [0, 0.05) is 50.4 Å². The number of nitrogens with zero attached hydrogens (tertiary/aromatic N) is 3. The molecule has 1 saturated heterocycles. The highest BCUT2D eigenvalue weighted by molar-refractivity contribution is 6.02. The van der Waals surface area contributed by atoms with Crippen LogP contribution in [0, 0.1) is 19.7 Å². The van der Waals surface area contributed by atoms with E-state index in [-0.39, 0.29) is 40.7 Å². The maximum Gasteiger partial charge on any atom is 0.317 e. The summed E-state index contributed by atoms with van der Waals surface area (Å²) in [5.74, 6) is -0.214. The van der Waals surface area contributed by atoms with Crippen molar-refractivity contribution in [2.75, 3.05) is 30.8 Å². The van der Waals surface area contributed by atoms with Gasteiger partial charge in [-0.05, 0) is 44.4 Å². The van der Waals surface area contributed by atoms with Crippen LogP contribution in [0.25, 0.3) is 10.8 Å². The van der Waals surface area contributed by atoms with E-state index in [2.05, 4.69) is 16.0 Å². The topological polar surface area (TPSA) is 100 Å². The lowest BCUT2D eigenvalue weighted by atomic mass is 10.0. The number of aryl methyl sites for hydroxylation is 2. The molecule has 2 fully saturated rings. The van der Waals surface area contributed by atoms with Gasteiger partial charge in [-0.25, -0.2) is 9.18 Å². The van der Waals surface area contributed by atoms with E-state index in [1.807, 2.05) is 0 Å². The summed E-state index contributed by atoms with van der Waals surface area (Å²) in [6.45, 7) is 4.51. The monoisotopic (exact) mass is 480 g/mol. The first-order chi connectivity index (χ1) is 16.7. The lowest BCUT2D eigenvalue weighted by Crippen LogP contribution is -2.59. The van der Waals surface area contributed by atoms with E-state index < -0.39 is 5.82 Å². The van der Waals surface area contributed by atoms with Gasteiger partial charge in [-0.15, -0.1) is 0 Å². The summed E-state index contributed by atoms with van der Waals surface area (Å²) in [5.41, 5.74) is 1.55. The van der Waals surface area contributed by atoms with Crippen molar-refractivity contribution in [1.29, 1.82) is 0 Å². The number of rotatable bonds is 5. The fraction of sp³-hybridized carbons (Fsp3) is 0.400. The molecule has 3 aromatic rings. The van der Waals surface area contributed by atoms with E-state index in [1.54, 1.807) is 55.7 Å². The Balaban J connectivity index is 1.67. The number of carbonyl (C=O) groups excluding carboxylic acids is 1. The summed E-state index contributed by atoms with van der Waals surface area (Å²) in [4.78, 5) is 40.4. The molecule has 0 atom stereocenters. The summed E-state index contributed by atoms with van der Waals surface area (Å²) in [6.07, 6.45) is 3.59. The van der Waals surface area contributed by atoms with Crippen LogP contribution < -0.4 is 27.1 Å². The molecular formula is C25H29FN6O3. The minimum atomic E-state index is -0.466. The zero-order valence-electron chi connectivity index (χ0n) is 20.2. The molecule has 184 valence electrons. The number of anilines is 3. The molecule has 1 aliphatic heterocycles. The van der Waals surface area contributed by atoms with E-state index in [1.165, 1.54) is 10.6 Å². The van der Waals surface area contributed by atoms with E-state index in [0.29, 0.717) is 35.1 Å². The summed E-state index contributed by atoms with van der Waals surface area (Å²) in [7, 11) is 3.17. The SMILES string of the molecule is CNC(=O)N1CC(Nc2cn(C3CC3)c(=O)c3c(Nc4ccc(C)cc4F)n(C)c(=O)c(C)c23)C1. The van der Waals surface area contributed by atoms with Gasteiger partial charge in [-0.2, -0.15) is 0 Å². The maximum absolute atomic E-state index is 14.7. The first-order valence-electron chi connectivity index (χ1n) is 11.7. The highest BCUT2D eigenvalue weighted by Crippen LogP contribution is 2.37. The molecule has 0 spiro atoms. The molecule has 5 rings (SSSR count). The first kappa shape index (κ1) is 22.9. The predicted octanol–water partition coefficient (Wildman–Crippen LogP) is 2.97. The number of halogens is 1. The van der Waals surface area contributed by atoms with Gasteiger partial charge in [0.05, 0.1) is 22.8 Å². The van der Waals surface area contributed by atoms with Crippen molar-refractivity contribution in [1.82, 2.24) is 19.4 Å². The third-order valence-electron chi connectivity index (χ3n) is 6.87. The Morgan fingerprint density at radius 1 is 1.06 bits per heavy atom. The summed E-state index contributed by atoms with van der Waals surface area (Å²) in [6, 6.07) is 4.70. The third kappa shape index (κ3) is 3.92. The molecule has 0 bridgehead atoms. The zero-order chi connectivity index (χ0) is 25.0. The molecular weight excluding hydrogens is 451 g/mol. The number of amides is 2. The van der Waals surface area contributed by atoms with E-state index in [4.69, 9.17) is 0 Å². The van der Waals surface area contributed by atoms with Crippen LogP contribution in [0.3, 0.4) is 0 Å². The number of benzene rings is 1. The number of urea groups is 1. The molecule has 2 amide bonds. The fourth-order valence-electron chi connectivity index (χ4n) is 4.71. The summed E-state index contributed by atoms with van der Waals surface area (Å²) in [5, 5.41) is 9.94. The van der Waals surface area contributed by atoms with Gasteiger partial charge in [0.15, 0.2) is 0 Å². The highest BCUT2D eigenvalue weighted by atomic mass is 19.1. The van der Waals surface area contributed by atoms with Crippen LogP contribution in [0.4, 0.5) is 26.4 Å². The lowest BCUT2D eigenvalue weighted by Gasteiger charge is -2.40. The number of carbonyl (C=O) groups is 1. The van der Waals surface area contributed by atoms with Crippen LogP contribution in [0.1, 0.15) is 30.0 Å². The van der Waals surface area contributed by atoms with Gasteiger partial charge in [0.1, 0.15) is 11.6 Å². The molecule has 9 nitrogen and oxygen atoms in total. The minimum Gasteiger partial charge on any atom is -0.377 e. The lowest BCUT2D eigenvalue weighted by molar-refractivity contribution is 0.160. The van der Waals surface area contributed by atoms with Crippen molar-refractivity contribution in [3.05, 3.63) is 62.0 Å². The van der Waals surface area contributed by atoms with E-state index >= 15 is 0 Å². The quantitative estimate of drug-likeness (QED) is 0.521. The summed E-state index contributed by atoms with van der Waals surface area (Å²) < 4.78 is 17.8. The molecule has 1 saturated carbocycles. The first-order valence-corrected chi connectivity index (χ1v) is 11.7. The number of likely N-dealkylation sites (tertiary alicyclic amines) is 1. The van der Waals surface area contributed by atoms with Crippen molar-refractivity contribution in [2.24, 2.45) is 7.05 Å². The number of pyridine rings is 2. The second-order valence-corrected chi connectivity index (χ2v) is 9.48. The number of hydrogen-bond donors (Lipinski definition) is 3. The normalized spacial score (nSPS) is 15.7. The highest BCUT2D eigenvalue weighted by Gasteiger charge is 2.33. The van der Waals surface area contributed by atoms with Crippen LogP contribution >= 0.6 is 0 Å². The average Bonchev–Trinajstić information content (AvgIpc) is 3.64. The Morgan fingerprint density at radius 2 is 1.77 bits per heavy atom. The second kappa shape index (κ2) is 8.44. The largest absolute Gasteiger partial charge is 0.377 e. The van der Waals surface area contributed by atoms with Crippen LogP contribution in [0.2, 0.25) is 0 Å². The molecule has 3 heterocycles. The van der Waals surface area contributed by atoms with Gasteiger partial charge in [-0.3, -0.25) is 14.2 Å². The Labute approximate surface area is 201 Å². The molecule has 10 heteroatoms. The van der Waals surface area contributed by atoms with Crippen LogP contribution in [0.15, 0.2) is 34.0 Å². The maximum atomic E-state index is 14.7. The Kier molecular flexibility index (Phi) is 5.53. The molecule has 3 N–H and O–H groups in total. The molecule has 1 aliphatic carbocycles. The van der Waals surface area contributed by atoms with Gasteiger partial charge >= 0.3 is 6.03 Å². The van der Waals surface area contributed by atoms with Crippen LogP contribution in [-0.4, -0.2) is 46.2 Å². The van der Waals surface area contributed by atoms with Crippen LogP contribution in [-0.2, 0) is 7.05 Å². The van der Waals surface area contributed by atoms with Crippen molar-refractivity contribution in [3.63, 3.8) is 0 Å². The smallest absolute Gasteiger partial charge is 0.317 e. The van der Waals surface area contributed by atoms with Crippen molar-refractivity contribution in [3.8, 4) is 0 Å². The standard InChI is InChI=1S/C25H29FN6O3/c1-13-5-8-18(17(26)9-13)29-22-21-20(14(2)23(33)30(22)4)19(12-32(24(21)34)16-6-7-16)28-15-10-31(11-15)25(35)27-3/h5,8-9,12,15-16,28-29H,6-7,10-11H2,1-4H3,(H,27,35). The van der Waals surface area contributed by atoms with Crippen molar-refractivity contribution >= 4 is 34.0 Å². The Bertz CT molecular complexity index is 1470.